The second kappa shape index (κ2) is 6.95. The summed E-state index contributed by atoms with van der Waals surface area (Å²) in [5.74, 6) is 0.421. The monoisotopic (exact) mass is 314 g/mol. The van der Waals surface area contributed by atoms with E-state index in [0.29, 0.717) is 36.7 Å². The van der Waals surface area contributed by atoms with Crippen molar-refractivity contribution in [3.63, 3.8) is 0 Å². The molecule has 1 saturated heterocycles. The van der Waals surface area contributed by atoms with E-state index >= 15 is 0 Å². The van der Waals surface area contributed by atoms with Gasteiger partial charge in [-0.15, -0.1) is 11.6 Å². The molecule has 1 fully saturated rings. The van der Waals surface area contributed by atoms with Crippen LogP contribution >= 0.6 is 23.2 Å². The van der Waals surface area contributed by atoms with E-state index < -0.39 is 0 Å². The lowest BCUT2D eigenvalue weighted by molar-refractivity contribution is -0.121. The van der Waals surface area contributed by atoms with Crippen molar-refractivity contribution in [3.05, 3.63) is 29.3 Å². The molecule has 4 nitrogen and oxygen atoms in total. The number of carbonyl (C=O) groups is 2. The first-order valence-corrected chi connectivity index (χ1v) is 7.42. The summed E-state index contributed by atoms with van der Waals surface area (Å²) in [7, 11) is 0. The summed E-state index contributed by atoms with van der Waals surface area (Å²) in [5.41, 5.74) is 0.803. The van der Waals surface area contributed by atoms with E-state index in [9.17, 15) is 9.59 Å². The van der Waals surface area contributed by atoms with Crippen LogP contribution in [-0.2, 0) is 9.59 Å². The number of alkyl halides is 1. The van der Waals surface area contributed by atoms with E-state index in [1.165, 1.54) is 0 Å². The zero-order valence-corrected chi connectivity index (χ0v) is 12.5. The van der Waals surface area contributed by atoms with Crippen molar-refractivity contribution in [2.45, 2.75) is 25.3 Å². The summed E-state index contributed by atoms with van der Waals surface area (Å²) in [5, 5.41) is 3.50. The van der Waals surface area contributed by atoms with Gasteiger partial charge in [-0.1, -0.05) is 11.6 Å². The first-order valence-electron chi connectivity index (χ1n) is 6.51. The van der Waals surface area contributed by atoms with Gasteiger partial charge in [-0.3, -0.25) is 9.59 Å². The van der Waals surface area contributed by atoms with Gasteiger partial charge in [0.25, 0.3) is 0 Å². The minimum absolute atomic E-state index is 0.00923. The van der Waals surface area contributed by atoms with Gasteiger partial charge in [-0.05, 0) is 30.7 Å². The molecule has 108 valence electrons. The van der Waals surface area contributed by atoms with Gasteiger partial charge in [0.05, 0.1) is 6.04 Å². The molecule has 2 rings (SSSR count). The molecule has 0 radical (unpaired) electrons. The second-order valence-electron chi connectivity index (χ2n) is 4.74. The molecule has 0 bridgehead atoms. The Hall–Kier alpha value is -1.26. The van der Waals surface area contributed by atoms with Gasteiger partial charge in [0.2, 0.25) is 11.8 Å². The molecule has 1 heterocycles. The van der Waals surface area contributed by atoms with Crippen molar-refractivity contribution in [1.29, 1.82) is 0 Å². The van der Waals surface area contributed by atoms with Gasteiger partial charge in [-0.25, -0.2) is 0 Å². The van der Waals surface area contributed by atoms with Crippen LogP contribution in [0.5, 0.6) is 0 Å². The molecule has 1 aliphatic rings. The molecule has 20 heavy (non-hydrogen) atoms. The molecule has 0 aromatic heterocycles. The quantitative estimate of drug-likeness (QED) is 0.849. The number of benzene rings is 1. The molecule has 6 heteroatoms. The lowest BCUT2D eigenvalue weighted by atomic mass is 10.2. The molecule has 1 aromatic rings. The maximum absolute atomic E-state index is 12.0. The lowest BCUT2D eigenvalue weighted by Gasteiger charge is -2.17. The number of rotatable bonds is 5. The Kier molecular flexibility index (Phi) is 5.26. The zero-order chi connectivity index (χ0) is 14.5. The normalized spacial score (nSPS) is 18.4. The third kappa shape index (κ3) is 3.87. The van der Waals surface area contributed by atoms with Crippen LogP contribution in [0.25, 0.3) is 0 Å². The van der Waals surface area contributed by atoms with E-state index in [2.05, 4.69) is 5.32 Å². The Morgan fingerprint density at radius 1 is 1.35 bits per heavy atom. The van der Waals surface area contributed by atoms with E-state index in [-0.39, 0.29) is 17.9 Å². The average Bonchev–Trinajstić information content (AvgIpc) is 2.78. The molecule has 1 N–H and O–H groups in total. The van der Waals surface area contributed by atoms with Crippen LogP contribution in [0.15, 0.2) is 24.3 Å². The third-order valence-electron chi connectivity index (χ3n) is 3.17. The predicted octanol–water partition coefficient (Wildman–Crippen LogP) is 2.58. The number of nitrogens with zero attached hydrogens (tertiary/aromatic N) is 1. The number of nitrogens with one attached hydrogen (secondary N) is 1. The van der Waals surface area contributed by atoms with Gasteiger partial charge in [0, 0.05) is 36.0 Å². The van der Waals surface area contributed by atoms with Crippen LogP contribution in [0.3, 0.4) is 0 Å². The molecule has 2 amide bonds. The summed E-state index contributed by atoms with van der Waals surface area (Å²) < 4.78 is 0. The highest BCUT2D eigenvalue weighted by Gasteiger charge is 2.31. The molecule has 0 unspecified atom stereocenters. The van der Waals surface area contributed by atoms with Crippen LogP contribution in [0.1, 0.15) is 19.3 Å². The Morgan fingerprint density at radius 3 is 2.70 bits per heavy atom. The van der Waals surface area contributed by atoms with Gasteiger partial charge in [0.15, 0.2) is 0 Å². The van der Waals surface area contributed by atoms with E-state index in [4.69, 9.17) is 23.2 Å². The highest BCUT2D eigenvalue weighted by molar-refractivity contribution is 6.30. The van der Waals surface area contributed by atoms with Crippen molar-refractivity contribution in [2.24, 2.45) is 0 Å². The number of carbonyl (C=O) groups excluding carboxylic acids is 2. The van der Waals surface area contributed by atoms with Crippen LogP contribution in [0.2, 0.25) is 5.02 Å². The molecule has 1 aliphatic heterocycles. The van der Waals surface area contributed by atoms with Crippen LogP contribution < -0.4 is 10.2 Å². The van der Waals surface area contributed by atoms with Crippen molar-refractivity contribution in [3.8, 4) is 0 Å². The fraction of sp³-hybridized carbons (Fsp3) is 0.429. The smallest absolute Gasteiger partial charge is 0.229 e. The fourth-order valence-electron chi connectivity index (χ4n) is 2.20. The average molecular weight is 315 g/mol. The molecule has 1 aromatic carbocycles. The van der Waals surface area contributed by atoms with Gasteiger partial charge >= 0.3 is 0 Å². The number of amides is 2. The Balaban J connectivity index is 1.93. The molecule has 0 saturated carbocycles. The molecule has 0 spiro atoms. The number of anilines is 1. The third-order valence-corrected chi connectivity index (χ3v) is 3.69. The molecular weight excluding hydrogens is 299 g/mol. The SMILES string of the molecule is O=C(CCCCl)N[C@H]1CC(=O)N(c2ccc(Cl)cc2)C1. The minimum atomic E-state index is -0.138. The Morgan fingerprint density at radius 2 is 2.05 bits per heavy atom. The molecule has 1 atom stereocenters. The van der Waals surface area contributed by atoms with E-state index in [0.717, 1.165) is 5.69 Å². The summed E-state index contributed by atoms with van der Waals surface area (Å²) in [6, 6.07) is 6.96. The Labute approximate surface area is 128 Å². The summed E-state index contributed by atoms with van der Waals surface area (Å²) in [6.07, 6.45) is 1.37. The molecular formula is C14H16Cl2N2O2. The maximum atomic E-state index is 12.0. The molecule has 0 aliphatic carbocycles. The van der Waals surface area contributed by atoms with Crippen molar-refractivity contribution >= 4 is 40.7 Å². The topological polar surface area (TPSA) is 49.4 Å². The fourth-order valence-corrected chi connectivity index (χ4v) is 2.46. The van der Waals surface area contributed by atoms with E-state index in [1.54, 1.807) is 29.2 Å². The zero-order valence-electron chi connectivity index (χ0n) is 10.9. The van der Waals surface area contributed by atoms with Gasteiger partial charge in [0.1, 0.15) is 0 Å². The van der Waals surface area contributed by atoms with Crippen LogP contribution in [0, 0.1) is 0 Å². The first kappa shape index (κ1) is 15.1. The summed E-state index contributed by atoms with van der Waals surface area (Å²) in [6.45, 7) is 0.493. The maximum Gasteiger partial charge on any atom is 0.229 e. The standard InChI is InChI=1S/C14H16Cl2N2O2/c15-7-1-2-13(19)17-11-8-14(20)18(9-11)12-5-3-10(16)4-6-12/h3-6,11H,1-2,7-9H2,(H,17,19)/t11-/m0/s1. The highest BCUT2D eigenvalue weighted by Crippen LogP contribution is 2.23. The van der Waals surface area contributed by atoms with Crippen LogP contribution in [0.4, 0.5) is 5.69 Å². The van der Waals surface area contributed by atoms with Crippen molar-refractivity contribution in [2.75, 3.05) is 17.3 Å². The summed E-state index contributed by atoms with van der Waals surface area (Å²) >= 11 is 11.4. The largest absolute Gasteiger partial charge is 0.351 e. The van der Waals surface area contributed by atoms with Crippen molar-refractivity contribution < 1.29 is 9.59 Å². The van der Waals surface area contributed by atoms with Gasteiger partial charge < -0.3 is 10.2 Å². The number of hydrogen-bond acceptors (Lipinski definition) is 2. The summed E-state index contributed by atoms with van der Waals surface area (Å²) in [4.78, 5) is 25.3. The van der Waals surface area contributed by atoms with E-state index in [1.807, 2.05) is 0 Å². The second-order valence-corrected chi connectivity index (χ2v) is 5.56. The highest BCUT2D eigenvalue weighted by atomic mass is 35.5. The van der Waals surface area contributed by atoms with Crippen LogP contribution in [-0.4, -0.2) is 30.3 Å². The number of hydrogen-bond donors (Lipinski definition) is 1. The minimum Gasteiger partial charge on any atom is -0.351 e. The Bertz CT molecular complexity index is 490. The van der Waals surface area contributed by atoms with Crippen molar-refractivity contribution in [1.82, 2.24) is 5.32 Å². The number of halogens is 2. The predicted molar refractivity (Wildman–Crippen MR) is 80.3 cm³/mol. The van der Waals surface area contributed by atoms with Gasteiger partial charge in [-0.2, -0.15) is 0 Å². The lowest BCUT2D eigenvalue weighted by Crippen LogP contribution is -2.37. The first-order chi connectivity index (χ1) is 9.60.